The van der Waals surface area contributed by atoms with Gasteiger partial charge in [0.2, 0.25) is 5.78 Å². The van der Waals surface area contributed by atoms with E-state index in [1.807, 2.05) is 61.7 Å². The average Bonchev–Trinajstić information content (AvgIpc) is 3.34. The van der Waals surface area contributed by atoms with Crippen molar-refractivity contribution in [1.82, 2.24) is 18.7 Å². The lowest BCUT2D eigenvalue weighted by Gasteiger charge is -2.08. The van der Waals surface area contributed by atoms with Gasteiger partial charge in [0.1, 0.15) is 4.70 Å². The van der Waals surface area contributed by atoms with E-state index in [0.717, 1.165) is 22.3 Å². The van der Waals surface area contributed by atoms with E-state index >= 15 is 0 Å². The molecule has 2 aromatic carbocycles. The molecule has 0 spiro atoms. The van der Waals surface area contributed by atoms with Crippen molar-refractivity contribution in [3.63, 3.8) is 0 Å². The molecule has 0 N–H and O–H groups in total. The summed E-state index contributed by atoms with van der Waals surface area (Å²) in [5, 5.41) is 6.44. The highest BCUT2D eigenvalue weighted by Gasteiger charge is 2.19. The standard InChI is InChI=1S/C23H20N4O2S/c1-15-8-9-16(2)18(12-15)14-26-23(29)27-19-10-11-30-20(19)21(28)25(22(27)24-26)13-17-6-4-3-5-7-17/h3-12H,13-14H2,1-2H3. The highest BCUT2D eigenvalue weighted by Crippen LogP contribution is 2.18. The second-order valence-corrected chi connectivity index (χ2v) is 8.43. The fourth-order valence-corrected chi connectivity index (χ4v) is 4.60. The minimum atomic E-state index is -0.240. The molecule has 5 rings (SSSR count). The first-order valence-corrected chi connectivity index (χ1v) is 10.6. The Bertz CT molecular complexity index is 1510. The molecule has 0 aliphatic carbocycles. The number of benzene rings is 2. The Morgan fingerprint density at radius 1 is 0.967 bits per heavy atom. The minimum absolute atomic E-state index is 0.125. The lowest BCUT2D eigenvalue weighted by molar-refractivity contribution is 0.652. The number of fused-ring (bicyclic) bond motifs is 3. The molecule has 0 fully saturated rings. The quantitative estimate of drug-likeness (QED) is 0.450. The van der Waals surface area contributed by atoms with E-state index < -0.39 is 0 Å². The van der Waals surface area contributed by atoms with Gasteiger partial charge in [0.15, 0.2) is 0 Å². The van der Waals surface area contributed by atoms with Crippen LogP contribution in [0.2, 0.25) is 0 Å². The van der Waals surface area contributed by atoms with E-state index in [1.165, 1.54) is 16.0 Å². The first-order chi connectivity index (χ1) is 14.5. The predicted molar refractivity (Wildman–Crippen MR) is 120 cm³/mol. The molecule has 30 heavy (non-hydrogen) atoms. The third-order valence-corrected chi connectivity index (χ3v) is 6.29. The summed E-state index contributed by atoms with van der Waals surface area (Å²) in [6, 6.07) is 17.7. The number of aromatic nitrogens is 4. The van der Waals surface area contributed by atoms with Gasteiger partial charge in [-0.2, -0.15) is 0 Å². The zero-order valence-corrected chi connectivity index (χ0v) is 17.5. The van der Waals surface area contributed by atoms with Crippen molar-refractivity contribution in [2.45, 2.75) is 26.9 Å². The first-order valence-electron chi connectivity index (χ1n) is 9.72. The van der Waals surface area contributed by atoms with Crippen molar-refractivity contribution in [1.29, 1.82) is 0 Å². The summed E-state index contributed by atoms with van der Waals surface area (Å²) in [7, 11) is 0. The van der Waals surface area contributed by atoms with E-state index in [4.69, 9.17) is 0 Å². The van der Waals surface area contributed by atoms with Gasteiger partial charge in [0.05, 0.1) is 18.6 Å². The minimum Gasteiger partial charge on any atom is -0.271 e. The number of aryl methyl sites for hydroxylation is 2. The third-order valence-electron chi connectivity index (χ3n) is 5.40. The molecule has 0 bridgehead atoms. The van der Waals surface area contributed by atoms with Crippen LogP contribution in [0.1, 0.15) is 22.3 Å². The van der Waals surface area contributed by atoms with Gasteiger partial charge in [-0.3, -0.25) is 9.36 Å². The van der Waals surface area contributed by atoms with Crippen LogP contribution in [0.3, 0.4) is 0 Å². The van der Waals surface area contributed by atoms with Crippen molar-refractivity contribution in [3.05, 3.63) is 103 Å². The van der Waals surface area contributed by atoms with Crippen LogP contribution in [-0.2, 0) is 13.1 Å². The predicted octanol–water partition coefficient (Wildman–Crippen LogP) is 3.59. The number of nitrogens with zero attached hydrogens (tertiary/aromatic N) is 4. The largest absolute Gasteiger partial charge is 0.352 e. The SMILES string of the molecule is Cc1ccc(C)c(Cn2nc3n(Cc4ccccc4)c(=O)c4sccc4n3c2=O)c1. The number of hydrogen-bond donors (Lipinski definition) is 0. The molecule has 5 aromatic rings. The number of rotatable bonds is 4. The average molecular weight is 417 g/mol. The van der Waals surface area contributed by atoms with Gasteiger partial charge < -0.3 is 0 Å². The molecule has 0 aliphatic rings. The summed E-state index contributed by atoms with van der Waals surface area (Å²) in [5.74, 6) is 0.366. The van der Waals surface area contributed by atoms with Crippen molar-refractivity contribution in [2.24, 2.45) is 0 Å². The topological polar surface area (TPSA) is 61.3 Å². The summed E-state index contributed by atoms with van der Waals surface area (Å²) < 4.78 is 5.16. The second-order valence-electron chi connectivity index (χ2n) is 7.52. The van der Waals surface area contributed by atoms with Gasteiger partial charge >= 0.3 is 5.69 Å². The molecular formula is C23H20N4O2S. The monoisotopic (exact) mass is 416 g/mol. The van der Waals surface area contributed by atoms with E-state index in [2.05, 4.69) is 17.2 Å². The summed E-state index contributed by atoms with van der Waals surface area (Å²) in [5.41, 5.74) is 4.51. The Kier molecular flexibility index (Phi) is 4.40. The molecule has 6 nitrogen and oxygen atoms in total. The maximum atomic E-state index is 13.3. The maximum Gasteiger partial charge on any atom is 0.352 e. The van der Waals surface area contributed by atoms with E-state index in [-0.39, 0.29) is 11.2 Å². The van der Waals surface area contributed by atoms with E-state index in [1.54, 1.807) is 8.97 Å². The van der Waals surface area contributed by atoms with Gasteiger partial charge in [0.25, 0.3) is 5.56 Å². The number of hydrogen-bond acceptors (Lipinski definition) is 4. The smallest absolute Gasteiger partial charge is 0.271 e. The molecule has 3 aromatic heterocycles. The molecule has 0 amide bonds. The Hall–Kier alpha value is -3.45. The molecule has 3 heterocycles. The lowest BCUT2D eigenvalue weighted by atomic mass is 10.1. The Morgan fingerprint density at radius 2 is 1.77 bits per heavy atom. The molecule has 0 atom stereocenters. The molecule has 0 radical (unpaired) electrons. The molecule has 0 aliphatic heterocycles. The summed E-state index contributed by atoms with van der Waals surface area (Å²) >= 11 is 1.35. The first kappa shape index (κ1) is 18.6. The van der Waals surface area contributed by atoms with Gasteiger partial charge in [-0.1, -0.05) is 54.1 Å². The Morgan fingerprint density at radius 3 is 2.57 bits per heavy atom. The van der Waals surface area contributed by atoms with Crippen molar-refractivity contribution in [2.75, 3.05) is 0 Å². The van der Waals surface area contributed by atoms with Gasteiger partial charge in [-0.15, -0.1) is 16.4 Å². The van der Waals surface area contributed by atoms with Gasteiger partial charge in [0, 0.05) is 0 Å². The molecule has 7 heteroatoms. The van der Waals surface area contributed by atoms with Crippen LogP contribution in [0, 0.1) is 13.8 Å². The summed E-state index contributed by atoms with van der Waals surface area (Å²) in [6.07, 6.45) is 0. The fraction of sp³-hybridized carbons (Fsp3) is 0.174. The third kappa shape index (κ3) is 2.98. The molecule has 150 valence electrons. The van der Waals surface area contributed by atoms with E-state index in [0.29, 0.717) is 29.1 Å². The zero-order valence-electron chi connectivity index (χ0n) is 16.7. The van der Waals surface area contributed by atoms with Crippen LogP contribution in [0.5, 0.6) is 0 Å². The molecule has 0 saturated carbocycles. The van der Waals surface area contributed by atoms with Crippen molar-refractivity contribution < 1.29 is 0 Å². The highest BCUT2D eigenvalue weighted by molar-refractivity contribution is 7.17. The number of thiophene rings is 1. The Balaban J connectivity index is 1.75. The normalized spacial score (nSPS) is 11.5. The van der Waals surface area contributed by atoms with Crippen LogP contribution in [0.4, 0.5) is 0 Å². The van der Waals surface area contributed by atoms with Crippen molar-refractivity contribution in [3.8, 4) is 0 Å². The van der Waals surface area contributed by atoms with Crippen molar-refractivity contribution >= 4 is 27.3 Å². The fourth-order valence-electron chi connectivity index (χ4n) is 3.78. The van der Waals surface area contributed by atoms with Crippen LogP contribution >= 0.6 is 11.3 Å². The zero-order chi connectivity index (χ0) is 20.8. The van der Waals surface area contributed by atoms with Gasteiger partial charge in [-0.05, 0) is 42.0 Å². The maximum absolute atomic E-state index is 13.3. The van der Waals surface area contributed by atoms with Crippen LogP contribution in [0.15, 0.2) is 69.6 Å². The summed E-state index contributed by atoms with van der Waals surface area (Å²) in [4.78, 5) is 26.5. The van der Waals surface area contributed by atoms with Crippen LogP contribution in [0.25, 0.3) is 16.0 Å². The molecule has 0 saturated heterocycles. The molecule has 0 unspecified atom stereocenters. The lowest BCUT2D eigenvalue weighted by Crippen LogP contribution is -2.26. The second kappa shape index (κ2) is 7.11. The highest BCUT2D eigenvalue weighted by atomic mass is 32.1. The van der Waals surface area contributed by atoms with Crippen LogP contribution < -0.4 is 11.2 Å². The van der Waals surface area contributed by atoms with E-state index in [9.17, 15) is 9.59 Å². The van der Waals surface area contributed by atoms with Crippen LogP contribution in [-0.4, -0.2) is 18.7 Å². The Labute approximate surface area is 176 Å². The molecular weight excluding hydrogens is 396 g/mol. The summed E-state index contributed by atoms with van der Waals surface area (Å²) in [6.45, 7) is 4.77. The van der Waals surface area contributed by atoms with Gasteiger partial charge in [-0.25, -0.2) is 13.9 Å².